The molecule has 3 aromatic rings. The lowest BCUT2D eigenvalue weighted by Crippen LogP contribution is -2.16. The maximum Gasteiger partial charge on any atom is 0.138 e. The van der Waals surface area contributed by atoms with Crippen LogP contribution in [0.25, 0.3) is 10.9 Å². The van der Waals surface area contributed by atoms with Crippen molar-refractivity contribution in [3.05, 3.63) is 65.3 Å². The van der Waals surface area contributed by atoms with Crippen molar-refractivity contribution in [1.29, 1.82) is 0 Å². The van der Waals surface area contributed by atoms with Crippen LogP contribution in [0.15, 0.2) is 59.7 Å². The number of hydrogen-bond donors (Lipinski definition) is 1. The molecule has 1 aliphatic rings. The van der Waals surface area contributed by atoms with E-state index in [4.69, 9.17) is 22.1 Å². The normalized spacial score (nSPS) is 15.5. The van der Waals surface area contributed by atoms with Gasteiger partial charge in [0.05, 0.1) is 11.6 Å². The van der Waals surface area contributed by atoms with E-state index in [9.17, 15) is 0 Å². The van der Waals surface area contributed by atoms with E-state index in [2.05, 4.69) is 9.98 Å². The predicted octanol–water partition coefficient (Wildman–Crippen LogP) is 5.33. The average Bonchev–Trinajstić information content (AvgIpc) is 3.15. The second-order valence-electron chi connectivity index (χ2n) is 6.55. The summed E-state index contributed by atoms with van der Waals surface area (Å²) in [4.78, 5) is 8.98. The Kier molecular flexibility index (Phi) is 4.76. The molecule has 0 unspecified atom stereocenters. The molecule has 0 bridgehead atoms. The lowest BCUT2D eigenvalue weighted by Gasteiger charge is -2.10. The van der Waals surface area contributed by atoms with Gasteiger partial charge >= 0.3 is 0 Å². The number of fused-ring (bicyclic) bond motifs is 1. The van der Waals surface area contributed by atoms with Gasteiger partial charge in [-0.05, 0) is 61.4 Å². The lowest BCUT2D eigenvalue weighted by molar-refractivity contribution is 0.488. The molecule has 0 radical (unpaired) electrons. The standard InChI is InChI=1S/C21H20ClN3O/c22-15-7-10-18-19(13-15)24-12-11-20(18)26-17-8-5-14(6-9-17)21(23)25-16-3-1-2-4-16/h5-13,16H,1-4H2,(H2,23,25). The molecule has 1 fully saturated rings. The Morgan fingerprint density at radius 2 is 1.85 bits per heavy atom. The molecule has 2 aromatic carbocycles. The smallest absolute Gasteiger partial charge is 0.138 e. The highest BCUT2D eigenvalue weighted by Gasteiger charge is 2.14. The van der Waals surface area contributed by atoms with E-state index in [1.54, 1.807) is 6.20 Å². The van der Waals surface area contributed by atoms with Crippen molar-refractivity contribution in [3.8, 4) is 11.5 Å². The molecular formula is C21H20ClN3O. The zero-order valence-corrected chi connectivity index (χ0v) is 15.1. The van der Waals surface area contributed by atoms with E-state index < -0.39 is 0 Å². The Bertz CT molecular complexity index is 947. The first-order chi connectivity index (χ1) is 12.7. The highest BCUT2D eigenvalue weighted by molar-refractivity contribution is 6.31. The number of aromatic nitrogens is 1. The Morgan fingerprint density at radius 1 is 1.08 bits per heavy atom. The molecule has 2 N–H and O–H groups in total. The zero-order chi connectivity index (χ0) is 17.9. The Labute approximate surface area is 157 Å². The van der Waals surface area contributed by atoms with Crippen LogP contribution in [0.3, 0.4) is 0 Å². The molecule has 1 heterocycles. The topological polar surface area (TPSA) is 60.5 Å². The molecule has 1 saturated carbocycles. The third kappa shape index (κ3) is 3.65. The first-order valence-electron chi connectivity index (χ1n) is 8.85. The molecule has 0 aliphatic heterocycles. The SMILES string of the molecule is NC(=NC1CCCC1)c1ccc(Oc2ccnc3cc(Cl)ccc23)cc1. The van der Waals surface area contributed by atoms with Crippen molar-refractivity contribution in [3.63, 3.8) is 0 Å². The third-order valence-electron chi connectivity index (χ3n) is 4.69. The van der Waals surface area contributed by atoms with Crippen LogP contribution in [0.2, 0.25) is 5.02 Å². The van der Waals surface area contributed by atoms with Crippen molar-refractivity contribution >= 4 is 28.3 Å². The minimum Gasteiger partial charge on any atom is -0.457 e. The lowest BCUT2D eigenvalue weighted by atomic mass is 10.2. The molecule has 1 aliphatic carbocycles. The maximum absolute atomic E-state index is 6.15. The van der Waals surface area contributed by atoms with Crippen molar-refractivity contribution in [2.24, 2.45) is 10.7 Å². The number of pyridine rings is 1. The number of hydrogen-bond acceptors (Lipinski definition) is 3. The molecule has 0 saturated heterocycles. The molecule has 5 heteroatoms. The van der Waals surface area contributed by atoms with Crippen LogP contribution in [-0.2, 0) is 0 Å². The quantitative estimate of drug-likeness (QED) is 0.502. The molecule has 132 valence electrons. The Balaban J connectivity index is 1.54. The van der Waals surface area contributed by atoms with Gasteiger partial charge in [-0.25, -0.2) is 0 Å². The van der Waals surface area contributed by atoms with Gasteiger partial charge in [0.25, 0.3) is 0 Å². The van der Waals surface area contributed by atoms with Gasteiger partial charge in [0, 0.05) is 22.2 Å². The van der Waals surface area contributed by atoms with E-state index in [1.165, 1.54) is 12.8 Å². The summed E-state index contributed by atoms with van der Waals surface area (Å²) in [6.07, 6.45) is 6.50. The fraction of sp³-hybridized carbons (Fsp3) is 0.238. The number of aliphatic imine (C=N–C) groups is 1. The molecular weight excluding hydrogens is 346 g/mol. The highest BCUT2D eigenvalue weighted by Crippen LogP contribution is 2.30. The minimum atomic E-state index is 0.376. The van der Waals surface area contributed by atoms with Gasteiger partial charge in [-0.1, -0.05) is 24.4 Å². The molecule has 0 atom stereocenters. The number of halogens is 1. The van der Waals surface area contributed by atoms with Gasteiger partial charge in [-0.3, -0.25) is 9.98 Å². The second-order valence-corrected chi connectivity index (χ2v) is 6.99. The molecule has 4 nitrogen and oxygen atoms in total. The molecule has 0 spiro atoms. The van der Waals surface area contributed by atoms with Gasteiger partial charge in [0.15, 0.2) is 0 Å². The summed E-state index contributed by atoms with van der Waals surface area (Å²) in [6, 6.07) is 15.5. The van der Waals surface area contributed by atoms with Crippen molar-refractivity contribution in [2.75, 3.05) is 0 Å². The van der Waals surface area contributed by atoms with E-state index in [-0.39, 0.29) is 0 Å². The van der Waals surface area contributed by atoms with E-state index in [0.717, 1.165) is 40.8 Å². The molecule has 1 aromatic heterocycles. The number of benzene rings is 2. The van der Waals surface area contributed by atoms with Gasteiger partial charge in [-0.2, -0.15) is 0 Å². The Hall–Kier alpha value is -2.59. The number of amidine groups is 1. The molecule has 26 heavy (non-hydrogen) atoms. The van der Waals surface area contributed by atoms with Gasteiger partial charge in [0.1, 0.15) is 17.3 Å². The van der Waals surface area contributed by atoms with Gasteiger partial charge in [-0.15, -0.1) is 0 Å². The fourth-order valence-corrected chi connectivity index (χ4v) is 3.48. The third-order valence-corrected chi connectivity index (χ3v) is 4.92. The van der Waals surface area contributed by atoms with Crippen LogP contribution < -0.4 is 10.5 Å². The van der Waals surface area contributed by atoms with Crippen LogP contribution in [0.4, 0.5) is 0 Å². The van der Waals surface area contributed by atoms with Crippen molar-refractivity contribution < 1.29 is 4.74 Å². The van der Waals surface area contributed by atoms with Crippen LogP contribution in [-0.4, -0.2) is 16.9 Å². The van der Waals surface area contributed by atoms with Crippen LogP contribution >= 0.6 is 11.6 Å². The summed E-state index contributed by atoms with van der Waals surface area (Å²) in [6.45, 7) is 0. The average molecular weight is 366 g/mol. The monoisotopic (exact) mass is 365 g/mol. The summed E-state index contributed by atoms with van der Waals surface area (Å²) < 4.78 is 6.04. The van der Waals surface area contributed by atoms with Gasteiger partial charge in [0.2, 0.25) is 0 Å². The van der Waals surface area contributed by atoms with Gasteiger partial charge < -0.3 is 10.5 Å². The first-order valence-corrected chi connectivity index (χ1v) is 9.23. The Morgan fingerprint density at radius 3 is 2.62 bits per heavy atom. The van der Waals surface area contributed by atoms with Crippen LogP contribution in [0, 0.1) is 0 Å². The number of nitrogens with zero attached hydrogens (tertiary/aromatic N) is 2. The summed E-state index contributed by atoms with van der Waals surface area (Å²) in [5.74, 6) is 2.09. The highest BCUT2D eigenvalue weighted by atomic mass is 35.5. The fourth-order valence-electron chi connectivity index (χ4n) is 3.31. The van der Waals surface area contributed by atoms with E-state index in [1.807, 2.05) is 48.5 Å². The maximum atomic E-state index is 6.15. The predicted molar refractivity (Wildman–Crippen MR) is 106 cm³/mol. The number of rotatable bonds is 4. The number of nitrogens with two attached hydrogens (primary N) is 1. The summed E-state index contributed by atoms with van der Waals surface area (Å²) in [5, 5.41) is 1.58. The van der Waals surface area contributed by atoms with Crippen LogP contribution in [0.1, 0.15) is 31.2 Å². The van der Waals surface area contributed by atoms with Crippen molar-refractivity contribution in [2.45, 2.75) is 31.7 Å². The minimum absolute atomic E-state index is 0.376. The largest absolute Gasteiger partial charge is 0.457 e. The zero-order valence-electron chi connectivity index (χ0n) is 14.4. The number of ether oxygens (including phenoxy) is 1. The van der Waals surface area contributed by atoms with Crippen molar-refractivity contribution in [1.82, 2.24) is 4.98 Å². The van der Waals surface area contributed by atoms with Crippen LogP contribution in [0.5, 0.6) is 11.5 Å². The van der Waals surface area contributed by atoms with E-state index >= 15 is 0 Å². The second kappa shape index (κ2) is 7.34. The summed E-state index contributed by atoms with van der Waals surface area (Å²) in [7, 11) is 0. The molecule has 4 rings (SSSR count). The van der Waals surface area contributed by atoms with E-state index in [0.29, 0.717) is 16.9 Å². The summed E-state index contributed by atoms with van der Waals surface area (Å²) in [5.41, 5.74) is 7.89. The summed E-state index contributed by atoms with van der Waals surface area (Å²) >= 11 is 6.04. The first kappa shape index (κ1) is 16.9. The molecule has 0 amide bonds.